The number of hydrogen-bond acceptors (Lipinski definition) is 1. The highest BCUT2D eigenvalue weighted by Crippen LogP contribution is 2.11. The Balaban J connectivity index is 2.52. The molecule has 0 spiro atoms. The van der Waals surface area contributed by atoms with Crippen molar-refractivity contribution in [2.45, 2.75) is 13.3 Å². The number of rotatable bonds is 3. The highest BCUT2D eigenvalue weighted by molar-refractivity contribution is 5.27. The Morgan fingerprint density at radius 3 is 2.54 bits per heavy atom. The first-order valence-electron chi connectivity index (χ1n) is 4.27. The fraction of sp³-hybridized carbons (Fsp3) is 0.250. The minimum absolute atomic E-state index is 0.459. The van der Waals surface area contributed by atoms with Crippen LogP contribution in [0.15, 0.2) is 24.3 Å². The van der Waals surface area contributed by atoms with Crippen LogP contribution in [0.25, 0.3) is 0 Å². The second-order valence-corrected chi connectivity index (χ2v) is 2.61. The second-order valence-electron chi connectivity index (χ2n) is 2.61. The van der Waals surface area contributed by atoms with Crippen LogP contribution in [-0.4, -0.2) is 6.61 Å². The first-order chi connectivity index (χ1) is 6.36. The molecule has 67 valence electrons. The van der Waals surface area contributed by atoms with E-state index in [0.29, 0.717) is 6.61 Å². The first-order valence-corrected chi connectivity index (χ1v) is 4.27. The van der Waals surface area contributed by atoms with E-state index in [4.69, 9.17) is 4.74 Å². The summed E-state index contributed by atoms with van der Waals surface area (Å²) < 4.78 is 5.35. The Bertz CT molecular complexity index is 300. The van der Waals surface area contributed by atoms with Gasteiger partial charge in [-0.1, -0.05) is 18.1 Å². The number of benzene rings is 1. The molecule has 0 fully saturated rings. The van der Waals surface area contributed by atoms with Gasteiger partial charge in [-0.15, -0.1) is 5.92 Å². The molecule has 0 aliphatic rings. The molecule has 0 saturated carbocycles. The smallest absolute Gasteiger partial charge is 0.149 e. The second kappa shape index (κ2) is 5.27. The lowest BCUT2D eigenvalue weighted by atomic mass is 10.2. The van der Waals surface area contributed by atoms with Crippen LogP contribution in [0.1, 0.15) is 12.5 Å². The van der Waals surface area contributed by atoms with Crippen molar-refractivity contribution in [3.63, 3.8) is 0 Å². The molecule has 1 radical (unpaired) electrons. The Morgan fingerprint density at radius 1 is 1.31 bits per heavy atom. The van der Waals surface area contributed by atoms with E-state index in [1.54, 1.807) is 6.92 Å². The van der Waals surface area contributed by atoms with Crippen LogP contribution in [0.5, 0.6) is 5.75 Å². The fourth-order valence-electron chi connectivity index (χ4n) is 0.944. The molecule has 1 rings (SSSR count). The average Bonchev–Trinajstić information content (AvgIpc) is 2.19. The van der Waals surface area contributed by atoms with Crippen molar-refractivity contribution >= 4 is 0 Å². The van der Waals surface area contributed by atoms with Crippen molar-refractivity contribution in [3.05, 3.63) is 36.8 Å². The van der Waals surface area contributed by atoms with E-state index in [9.17, 15) is 0 Å². The first kappa shape index (κ1) is 9.67. The van der Waals surface area contributed by atoms with Crippen LogP contribution < -0.4 is 4.74 Å². The van der Waals surface area contributed by atoms with Gasteiger partial charge >= 0.3 is 0 Å². The summed E-state index contributed by atoms with van der Waals surface area (Å²) in [5, 5.41) is 0. The zero-order valence-electron chi connectivity index (χ0n) is 7.84. The van der Waals surface area contributed by atoms with Gasteiger partial charge in [0.1, 0.15) is 12.4 Å². The van der Waals surface area contributed by atoms with Gasteiger partial charge in [-0.2, -0.15) is 0 Å². The van der Waals surface area contributed by atoms with Gasteiger partial charge in [-0.3, -0.25) is 0 Å². The maximum atomic E-state index is 5.35. The summed E-state index contributed by atoms with van der Waals surface area (Å²) in [7, 11) is 0. The van der Waals surface area contributed by atoms with Gasteiger partial charge in [0.2, 0.25) is 0 Å². The topological polar surface area (TPSA) is 9.23 Å². The predicted molar refractivity (Wildman–Crippen MR) is 54.4 cm³/mol. The van der Waals surface area contributed by atoms with Gasteiger partial charge in [0, 0.05) is 0 Å². The Labute approximate surface area is 79.7 Å². The molecule has 0 unspecified atom stereocenters. The van der Waals surface area contributed by atoms with E-state index in [1.165, 1.54) is 5.56 Å². The predicted octanol–water partition coefficient (Wildman–Crippen LogP) is 2.47. The van der Waals surface area contributed by atoms with Crippen molar-refractivity contribution in [1.82, 2.24) is 0 Å². The standard InChI is InChI=1S/C12H13O/c1-3-5-10-13-12-8-6-11(4-2)7-9-12/h6-9H,2,4,10H2,1H3. The minimum atomic E-state index is 0.459. The molecule has 1 heteroatoms. The lowest BCUT2D eigenvalue weighted by molar-refractivity contribution is 0.370. The molecule has 0 aliphatic heterocycles. The molecule has 0 heterocycles. The minimum Gasteiger partial charge on any atom is -0.481 e. The highest BCUT2D eigenvalue weighted by Gasteiger charge is 1.91. The van der Waals surface area contributed by atoms with Gasteiger partial charge in [0.15, 0.2) is 0 Å². The quantitative estimate of drug-likeness (QED) is 0.638. The van der Waals surface area contributed by atoms with E-state index in [0.717, 1.165) is 12.2 Å². The summed E-state index contributed by atoms with van der Waals surface area (Å²) in [4.78, 5) is 0. The maximum absolute atomic E-state index is 5.35. The van der Waals surface area contributed by atoms with Crippen molar-refractivity contribution < 1.29 is 4.74 Å². The van der Waals surface area contributed by atoms with Gasteiger partial charge in [-0.05, 0) is 38.0 Å². The van der Waals surface area contributed by atoms with E-state index in [2.05, 4.69) is 18.8 Å². The molecule has 0 N–H and O–H groups in total. The summed E-state index contributed by atoms with van der Waals surface area (Å²) in [5.41, 5.74) is 1.22. The van der Waals surface area contributed by atoms with Gasteiger partial charge < -0.3 is 4.74 Å². The third kappa shape index (κ3) is 3.21. The van der Waals surface area contributed by atoms with Crippen molar-refractivity contribution in [1.29, 1.82) is 0 Å². The van der Waals surface area contributed by atoms with Gasteiger partial charge in [-0.25, -0.2) is 0 Å². The average molecular weight is 173 g/mol. The summed E-state index contributed by atoms with van der Waals surface area (Å²) in [6.45, 7) is 6.06. The van der Waals surface area contributed by atoms with E-state index >= 15 is 0 Å². The van der Waals surface area contributed by atoms with Crippen molar-refractivity contribution in [2.24, 2.45) is 0 Å². The van der Waals surface area contributed by atoms with Crippen LogP contribution >= 0.6 is 0 Å². The highest BCUT2D eigenvalue weighted by atomic mass is 16.5. The Morgan fingerprint density at radius 2 is 2.00 bits per heavy atom. The Hall–Kier alpha value is -1.42. The third-order valence-corrected chi connectivity index (χ3v) is 1.70. The molecule has 0 aromatic heterocycles. The summed E-state index contributed by atoms with van der Waals surface area (Å²) in [5.74, 6) is 6.48. The maximum Gasteiger partial charge on any atom is 0.149 e. The summed E-state index contributed by atoms with van der Waals surface area (Å²) in [6, 6.07) is 7.92. The monoisotopic (exact) mass is 173 g/mol. The molecular formula is C12H13O. The van der Waals surface area contributed by atoms with Crippen LogP contribution in [0, 0.1) is 18.8 Å². The molecule has 0 aliphatic carbocycles. The van der Waals surface area contributed by atoms with Gasteiger partial charge in [0.25, 0.3) is 0 Å². The van der Waals surface area contributed by atoms with Crippen molar-refractivity contribution in [2.75, 3.05) is 6.61 Å². The van der Waals surface area contributed by atoms with Crippen LogP contribution in [0.3, 0.4) is 0 Å². The summed E-state index contributed by atoms with van der Waals surface area (Å²) >= 11 is 0. The molecule has 0 amide bonds. The molecule has 1 nitrogen and oxygen atoms in total. The number of hydrogen-bond donors (Lipinski definition) is 0. The molecule has 0 atom stereocenters. The Kier molecular flexibility index (Phi) is 3.92. The van der Waals surface area contributed by atoms with E-state index in [-0.39, 0.29) is 0 Å². The zero-order chi connectivity index (χ0) is 9.52. The van der Waals surface area contributed by atoms with Gasteiger partial charge in [0.05, 0.1) is 0 Å². The van der Waals surface area contributed by atoms with E-state index < -0.39 is 0 Å². The third-order valence-electron chi connectivity index (χ3n) is 1.70. The normalized spacial score (nSPS) is 8.77. The molecule has 1 aromatic carbocycles. The lowest BCUT2D eigenvalue weighted by Gasteiger charge is -2.02. The molecule has 1 aromatic rings. The molecular weight excluding hydrogens is 160 g/mol. The largest absolute Gasteiger partial charge is 0.481 e. The lowest BCUT2D eigenvalue weighted by Crippen LogP contribution is -1.93. The fourth-order valence-corrected chi connectivity index (χ4v) is 0.944. The van der Waals surface area contributed by atoms with Crippen LogP contribution in [0.4, 0.5) is 0 Å². The van der Waals surface area contributed by atoms with Crippen LogP contribution in [-0.2, 0) is 6.42 Å². The van der Waals surface area contributed by atoms with Crippen LogP contribution in [0.2, 0.25) is 0 Å². The summed E-state index contributed by atoms with van der Waals surface area (Å²) in [6.07, 6.45) is 0.815. The molecule has 13 heavy (non-hydrogen) atoms. The molecule has 0 saturated heterocycles. The van der Waals surface area contributed by atoms with Crippen molar-refractivity contribution in [3.8, 4) is 17.6 Å². The zero-order valence-corrected chi connectivity index (χ0v) is 7.84. The van der Waals surface area contributed by atoms with E-state index in [1.807, 2.05) is 24.3 Å². The number of ether oxygens (including phenoxy) is 1. The molecule has 0 bridgehead atoms. The SMILES string of the molecule is [CH2]Cc1ccc(OCC#CC)cc1.